The monoisotopic (exact) mass is 386 g/mol. The predicted molar refractivity (Wildman–Crippen MR) is 110 cm³/mol. The third-order valence-electron chi connectivity index (χ3n) is 4.73. The minimum absolute atomic E-state index is 0.0534. The summed E-state index contributed by atoms with van der Waals surface area (Å²) in [6.45, 7) is 2.72. The molecule has 4 rings (SSSR count). The van der Waals surface area contributed by atoms with Crippen molar-refractivity contribution in [3.63, 3.8) is 0 Å². The van der Waals surface area contributed by atoms with Crippen LogP contribution in [0.3, 0.4) is 0 Å². The Hall–Kier alpha value is -3.67. The van der Waals surface area contributed by atoms with E-state index in [1.807, 2.05) is 74.2 Å². The normalized spacial score (nSPS) is 15.7. The highest BCUT2D eigenvalue weighted by molar-refractivity contribution is 5.36. The number of hydrogen-bond acceptors (Lipinski definition) is 6. The van der Waals surface area contributed by atoms with Gasteiger partial charge in [-0.05, 0) is 36.3 Å². The van der Waals surface area contributed by atoms with Crippen LogP contribution in [0, 0.1) is 6.92 Å². The number of para-hydroxylation sites is 1. The molecule has 0 radical (unpaired) electrons. The molecule has 1 aliphatic heterocycles. The Morgan fingerprint density at radius 1 is 1.03 bits per heavy atom. The molecule has 1 aliphatic rings. The number of aryl methyl sites for hydroxylation is 1. The molecule has 0 bridgehead atoms. The van der Waals surface area contributed by atoms with Crippen LogP contribution in [0.25, 0.3) is 0 Å². The van der Waals surface area contributed by atoms with Gasteiger partial charge in [-0.25, -0.2) is 15.0 Å². The van der Waals surface area contributed by atoms with Crippen molar-refractivity contribution in [3.05, 3.63) is 102 Å². The molecule has 0 N–H and O–H groups in total. The van der Waals surface area contributed by atoms with Crippen molar-refractivity contribution in [2.24, 2.45) is 0 Å². The largest absolute Gasteiger partial charge is 0.481 e. The molecule has 146 valence electrons. The highest BCUT2D eigenvalue weighted by Crippen LogP contribution is 2.30. The van der Waals surface area contributed by atoms with Crippen molar-refractivity contribution in [2.45, 2.75) is 19.5 Å². The number of hydrogen-bond donors (Lipinski definition) is 0. The summed E-state index contributed by atoms with van der Waals surface area (Å²) in [5.74, 6) is 2.24. The molecule has 0 spiro atoms. The van der Waals surface area contributed by atoms with E-state index in [0.29, 0.717) is 12.4 Å². The third-order valence-corrected chi connectivity index (χ3v) is 4.73. The summed E-state index contributed by atoms with van der Waals surface area (Å²) in [6, 6.07) is 11.8. The first-order chi connectivity index (χ1) is 14.2. The first-order valence-corrected chi connectivity index (χ1v) is 9.36. The Morgan fingerprint density at radius 2 is 1.86 bits per heavy atom. The highest BCUT2D eigenvalue weighted by atomic mass is 16.5. The van der Waals surface area contributed by atoms with Crippen LogP contribution in [0.4, 0.5) is 0 Å². The molecular formula is C23H22N4O2. The molecule has 6 nitrogen and oxygen atoms in total. The zero-order valence-electron chi connectivity index (χ0n) is 16.4. The molecule has 0 fully saturated rings. The smallest absolute Gasteiger partial charge is 0.212 e. The van der Waals surface area contributed by atoms with Gasteiger partial charge in [-0.3, -0.25) is 0 Å². The lowest BCUT2D eigenvalue weighted by Crippen LogP contribution is -2.25. The summed E-state index contributed by atoms with van der Waals surface area (Å²) in [5.41, 5.74) is 3.16. The lowest BCUT2D eigenvalue weighted by molar-refractivity contribution is 0.296. The molecule has 29 heavy (non-hydrogen) atoms. The van der Waals surface area contributed by atoms with E-state index in [-0.39, 0.29) is 6.04 Å². The van der Waals surface area contributed by atoms with Crippen LogP contribution in [0.2, 0.25) is 0 Å². The molecule has 0 saturated heterocycles. The average molecular weight is 386 g/mol. The number of ether oxygens (including phenoxy) is 2. The average Bonchev–Trinajstić information content (AvgIpc) is 2.77. The Morgan fingerprint density at radius 3 is 2.59 bits per heavy atom. The fourth-order valence-corrected chi connectivity index (χ4v) is 3.17. The van der Waals surface area contributed by atoms with Gasteiger partial charge in [-0.15, -0.1) is 0 Å². The van der Waals surface area contributed by atoms with E-state index < -0.39 is 0 Å². The van der Waals surface area contributed by atoms with E-state index in [9.17, 15) is 0 Å². The molecule has 0 amide bonds. The lowest BCUT2D eigenvalue weighted by atomic mass is 10.0. The van der Waals surface area contributed by atoms with Crippen molar-refractivity contribution < 1.29 is 9.47 Å². The highest BCUT2D eigenvalue weighted by Gasteiger charge is 2.21. The van der Waals surface area contributed by atoms with Crippen LogP contribution < -0.4 is 9.47 Å². The van der Waals surface area contributed by atoms with Gasteiger partial charge in [0.15, 0.2) is 0 Å². The number of rotatable bonds is 6. The minimum atomic E-state index is -0.0534. The molecule has 1 aromatic carbocycles. The number of nitrogens with zero attached hydrogens (tertiary/aromatic N) is 4. The van der Waals surface area contributed by atoms with Crippen molar-refractivity contribution in [1.29, 1.82) is 0 Å². The second-order valence-electron chi connectivity index (χ2n) is 6.75. The second-order valence-corrected chi connectivity index (χ2v) is 6.75. The van der Waals surface area contributed by atoms with E-state index in [1.54, 1.807) is 7.11 Å². The number of allylic oxidation sites excluding steroid dienone is 1. The van der Waals surface area contributed by atoms with Crippen LogP contribution in [0.15, 0.2) is 85.4 Å². The zero-order valence-corrected chi connectivity index (χ0v) is 16.4. The number of aromatic nitrogens is 3. The number of pyridine rings is 1. The molecule has 0 saturated carbocycles. The fraction of sp³-hybridized carbons (Fsp3) is 0.174. The Balaban J connectivity index is 1.59. The van der Waals surface area contributed by atoms with Gasteiger partial charge in [-0.1, -0.05) is 24.3 Å². The molecular weight excluding hydrogens is 364 g/mol. The first-order valence-electron chi connectivity index (χ1n) is 9.36. The van der Waals surface area contributed by atoms with Gasteiger partial charge in [0.05, 0.1) is 13.2 Å². The van der Waals surface area contributed by atoms with E-state index in [0.717, 1.165) is 28.2 Å². The van der Waals surface area contributed by atoms with Gasteiger partial charge < -0.3 is 14.4 Å². The van der Waals surface area contributed by atoms with Crippen LogP contribution in [-0.4, -0.2) is 27.0 Å². The van der Waals surface area contributed by atoms with Crippen LogP contribution in [0.5, 0.6) is 11.6 Å². The predicted octanol–water partition coefficient (Wildman–Crippen LogP) is 4.22. The van der Waals surface area contributed by atoms with Crippen molar-refractivity contribution >= 4 is 0 Å². The summed E-state index contributed by atoms with van der Waals surface area (Å²) in [7, 11) is 1.61. The van der Waals surface area contributed by atoms with E-state index >= 15 is 0 Å². The summed E-state index contributed by atoms with van der Waals surface area (Å²) >= 11 is 0. The van der Waals surface area contributed by atoms with E-state index in [1.165, 1.54) is 6.33 Å². The molecule has 1 unspecified atom stereocenters. The SMILES string of the molecule is COc1ccc(CN2C=CC(Oc3ccccc3C)=CC2c2cncnc2)cn1. The van der Waals surface area contributed by atoms with E-state index in [4.69, 9.17) is 9.47 Å². The summed E-state index contributed by atoms with van der Waals surface area (Å²) in [4.78, 5) is 14.9. The Labute approximate surface area is 170 Å². The van der Waals surface area contributed by atoms with Crippen LogP contribution >= 0.6 is 0 Å². The molecule has 3 aromatic rings. The van der Waals surface area contributed by atoms with E-state index in [2.05, 4.69) is 25.9 Å². The maximum atomic E-state index is 6.14. The number of methoxy groups -OCH3 is 1. The van der Waals surface area contributed by atoms with Crippen molar-refractivity contribution in [1.82, 2.24) is 19.9 Å². The Bertz CT molecular complexity index is 1020. The second kappa shape index (κ2) is 8.56. The summed E-state index contributed by atoms with van der Waals surface area (Å²) in [6.07, 6.45) is 13.1. The fourth-order valence-electron chi connectivity index (χ4n) is 3.17. The van der Waals surface area contributed by atoms with Crippen molar-refractivity contribution in [2.75, 3.05) is 7.11 Å². The van der Waals surface area contributed by atoms with Gasteiger partial charge in [-0.2, -0.15) is 0 Å². The summed E-state index contributed by atoms with van der Waals surface area (Å²) < 4.78 is 11.3. The van der Waals surface area contributed by atoms with Gasteiger partial charge >= 0.3 is 0 Å². The standard InChI is InChI=1S/C23H22N4O2/c1-17-5-3-4-6-22(17)29-20-9-10-27(15-18-7-8-23(28-2)26-12-18)21(11-20)19-13-24-16-25-14-19/h3-14,16,21H,15H2,1-2H3. The maximum absolute atomic E-state index is 6.14. The van der Waals surface area contributed by atoms with Crippen molar-refractivity contribution in [3.8, 4) is 11.6 Å². The van der Waals surface area contributed by atoms with Crippen LogP contribution in [0.1, 0.15) is 22.7 Å². The van der Waals surface area contributed by atoms with Gasteiger partial charge in [0.1, 0.15) is 17.8 Å². The molecule has 6 heteroatoms. The maximum Gasteiger partial charge on any atom is 0.212 e. The minimum Gasteiger partial charge on any atom is -0.481 e. The third kappa shape index (κ3) is 4.43. The van der Waals surface area contributed by atoms with Gasteiger partial charge in [0.25, 0.3) is 0 Å². The molecule has 3 heterocycles. The topological polar surface area (TPSA) is 60.4 Å². The van der Waals surface area contributed by atoms with Gasteiger partial charge in [0, 0.05) is 43.0 Å². The molecule has 1 atom stereocenters. The molecule has 0 aliphatic carbocycles. The van der Waals surface area contributed by atoms with Gasteiger partial charge in [0.2, 0.25) is 5.88 Å². The lowest BCUT2D eigenvalue weighted by Gasteiger charge is -2.31. The van der Waals surface area contributed by atoms with Crippen LogP contribution in [-0.2, 0) is 6.54 Å². The molecule has 2 aromatic heterocycles. The Kier molecular flexibility index (Phi) is 5.52. The quantitative estimate of drug-likeness (QED) is 0.632. The zero-order chi connectivity index (χ0) is 20.1. The first kappa shape index (κ1) is 18.7. The number of benzene rings is 1. The summed E-state index contributed by atoms with van der Waals surface area (Å²) in [5, 5.41) is 0.